The summed E-state index contributed by atoms with van der Waals surface area (Å²) in [5.41, 5.74) is 0.883. The van der Waals surface area contributed by atoms with E-state index in [2.05, 4.69) is 12.2 Å². The lowest BCUT2D eigenvalue weighted by molar-refractivity contribution is 0.0543. The fraction of sp³-hybridized carbons (Fsp3) is 0.600. The summed E-state index contributed by atoms with van der Waals surface area (Å²) >= 11 is 0. The molecular weight excluding hydrogens is 261 g/mol. The molecule has 1 N–H and O–H groups in total. The van der Waals surface area contributed by atoms with Gasteiger partial charge in [0.2, 0.25) is 0 Å². The van der Waals surface area contributed by atoms with Crippen LogP contribution in [0.3, 0.4) is 0 Å². The molecule has 0 aliphatic rings. The van der Waals surface area contributed by atoms with Crippen molar-refractivity contribution in [2.24, 2.45) is 0 Å². The van der Waals surface area contributed by atoms with Crippen LogP contribution < -0.4 is 10.1 Å². The Morgan fingerprint density at radius 1 is 1.10 bits per heavy atom. The van der Waals surface area contributed by atoms with Gasteiger partial charge in [-0.05, 0) is 30.7 Å². The van der Waals surface area contributed by atoms with E-state index >= 15 is 0 Å². The quantitative estimate of drug-likeness (QED) is 0.634. The number of hydrogen-bond acceptors (Lipinski definition) is 4. The molecule has 1 rings (SSSR count). The third-order valence-corrected chi connectivity index (χ3v) is 2.62. The molecule has 4 nitrogen and oxygen atoms in total. The number of hydrogen-bond donors (Lipinski definition) is 1. The summed E-state index contributed by atoms with van der Waals surface area (Å²) in [6, 6.07) is 4.75. The molecule has 5 heteroatoms. The zero-order valence-electron chi connectivity index (χ0n) is 12.3. The molecule has 0 spiro atoms. The van der Waals surface area contributed by atoms with E-state index in [0.717, 1.165) is 18.5 Å². The summed E-state index contributed by atoms with van der Waals surface area (Å²) in [6.45, 7) is 5.61. The largest absolute Gasteiger partial charge is 0.491 e. The summed E-state index contributed by atoms with van der Waals surface area (Å²) in [5, 5.41) is 3.24. The number of ether oxygens (including phenoxy) is 3. The number of halogens is 1. The second kappa shape index (κ2) is 10.6. The van der Waals surface area contributed by atoms with E-state index in [1.165, 1.54) is 12.1 Å². The summed E-state index contributed by atoms with van der Waals surface area (Å²) in [7, 11) is 1.63. The predicted octanol–water partition coefficient (Wildman–Crippen LogP) is 2.37. The Balaban J connectivity index is 2.33. The molecule has 0 heterocycles. The van der Waals surface area contributed by atoms with Crippen molar-refractivity contribution in [1.82, 2.24) is 5.32 Å². The van der Waals surface area contributed by atoms with Crippen LogP contribution in [0, 0.1) is 5.82 Å². The lowest BCUT2D eigenvalue weighted by atomic mass is 10.2. The van der Waals surface area contributed by atoms with Crippen molar-refractivity contribution in [2.45, 2.75) is 19.9 Å². The molecule has 0 amide bonds. The molecule has 0 saturated heterocycles. The fourth-order valence-corrected chi connectivity index (χ4v) is 1.68. The minimum atomic E-state index is -0.281. The monoisotopic (exact) mass is 285 g/mol. The van der Waals surface area contributed by atoms with Crippen molar-refractivity contribution < 1.29 is 18.6 Å². The molecule has 1 aromatic carbocycles. The van der Waals surface area contributed by atoms with Gasteiger partial charge in [-0.15, -0.1) is 0 Å². The molecule has 0 radical (unpaired) electrons. The molecule has 20 heavy (non-hydrogen) atoms. The van der Waals surface area contributed by atoms with Crippen LogP contribution in [-0.2, 0) is 16.0 Å². The molecule has 0 bridgehead atoms. The maximum atomic E-state index is 13.5. The third kappa shape index (κ3) is 7.43. The van der Waals surface area contributed by atoms with Gasteiger partial charge in [-0.1, -0.05) is 6.92 Å². The van der Waals surface area contributed by atoms with Crippen molar-refractivity contribution in [3.05, 3.63) is 29.6 Å². The second-order valence-corrected chi connectivity index (χ2v) is 4.43. The molecule has 1 aromatic rings. The summed E-state index contributed by atoms with van der Waals surface area (Å²) in [4.78, 5) is 0. The van der Waals surface area contributed by atoms with Crippen molar-refractivity contribution in [1.29, 1.82) is 0 Å². The van der Waals surface area contributed by atoms with Gasteiger partial charge in [0.15, 0.2) is 0 Å². The topological polar surface area (TPSA) is 39.7 Å². The van der Waals surface area contributed by atoms with Crippen LogP contribution in [0.5, 0.6) is 5.75 Å². The van der Waals surface area contributed by atoms with Crippen LogP contribution in [0.25, 0.3) is 0 Å². The van der Waals surface area contributed by atoms with Crippen LogP contribution in [0.2, 0.25) is 0 Å². The molecule has 0 aromatic heterocycles. The first-order chi connectivity index (χ1) is 9.76. The smallest absolute Gasteiger partial charge is 0.127 e. The second-order valence-electron chi connectivity index (χ2n) is 4.43. The van der Waals surface area contributed by atoms with Gasteiger partial charge in [-0.2, -0.15) is 0 Å². The number of rotatable bonds is 11. The highest BCUT2D eigenvalue weighted by atomic mass is 19.1. The molecule has 0 unspecified atom stereocenters. The van der Waals surface area contributed by atoms with Crippen LogP contribution in [0.4, 0.5) is 4.39 Å². The average Bonchev–Trinajstić information content (AvgIpc) is 2.42. The zero-order chi connectivity index (χ0) is 14.6. The van der Waals surface area contributed by atoms with E-state index in [9.17, 15) is 4.39 Å². The lowest BCUT2D eigenvalue weighted by Gasteiger charge is -2.09. The predicted molar refractivity (Wildman–Crippen MR) is 76.6 cm³/mol. The van der Waals surface area contributed by atoms with E-state index in [0.29, 0.717) is 38.7 Å². The molecule has 0 fully saturated rings. The maximum Gasteiger partial charge on any atom is 0.127 e. The maximum absolute atomic E-state index is 13.5. The van der Waals surface area contributed by atoms with Crippen molar-refractivity contribution in [2.75, 3.05) is 40.1 Å². The van der Waals surface area contributed by atoms with E-state index in [1.807, 2.05) is 6.07 Å². The number of benzene rings is 1. The van der Waals surface area contributed by atoms with Crippen LogP contribution in [-0.4, -0.2) is 40.1 Å². The highest BCUT2D eigenvalue weighted by Gasteiger charge is 2.02. The standard InChI is InChI=1S/C15H24FNO3/c1-3-4-17-12-13-9-14(16)11-15(10-13)20-8-7-19-6-5-18-2/h9-11,17H,3-8,12H2,1-2H3. The van der Waals surface area contributed by atoms with Gasteiger partial charge >= 0.3 is 0 Å². The molecule has 0 aliphatic carbocycles. The third-order valence-electron chi connectivity index (χ3n) is 2.62. The molecular formula is C15H24FNO3. The molecule has 0 atom stereocenters. The van der Waals surface area contributed by atoms with Crippen LogP contribution >= 0.6 is 0 Å². The molecule has 114 valence electrons. The van der Waals surface area contributed by atoms with E-state index in [4.69, 9.17) is 14.2 Å². The first-order valence-corrected chi connectivity index (χ1v) is 6.96. The first-order valence-electron chi connectivity index (χ1n) is 6.96. The van der Waals surface area contributed by atoms with Gasteiger partial charge in [-0.3, -0.25) is 0 Å². The van der Waals surface area contributed by atoms with Gasteiger partial charge in [0, 0.05) is 19.7 Å². The van der Waals surface area contributed by atoms with E-state index in [-0.39, 0.29) is 5.82 Å². The average molecular weight is 285 g/mol. The Morgan fingerprint density at radius 2 is 1.90 bits per heavy atom. The van der Waals surface area contributed by atoms with Crippen LogP contribution in [0.1, 0.15) is 18.9 Å². The normalized spacial score (nSPS) is 10.8. The molecule has 0 saturated carbocycles. The highest BCUT2D eigenvalue weighted by Crippen LogP contribution is 2.16. The van der Waals surface area contributed by atoms with Gasteiger partial charge in [0.25, 0.3) is 0 Å². The minimum Gasteiger partial charge on any atom is -0.491 e. The Kier molecular flexibility index (Phi) is 8.95. The van der Waals surface area contributed by atoms with Crippen molar-refractivity contribution in [3.8, 4) is 5.75 Å². The SMILES string of the molecule is CCCNCc1cc(F)cc(OCCOCCOC)c1. The fourth-order valence-electron chi connectivity index (χ4n) is 1.68. The van der Waals surface area contributed by atoms with E-state index < -0.39 is 0 Å². The summed E-state index contributed by atoms with van der Waals surface area (Å²) in [5.74, 6) is 0.254. The lowest BCUT2D eigenvalue weighted by Crippen LogP contribution is -2.14. The van der Waals surface area contributed by atoms with Crippen molar-refractivity contribution >= 4 is 0 Å². The number of methoxy groups -OCH3 is 1. The van der Waals surface area contributed by atoms with Gasteiger partial charge < -0.3 is 19.5 Å². The van der Waals surface area contributed by atoms with E-state index in [1.54, 1.807) is 7.11 Å². The zero-order valence-corrected chi connectivity index (χ0v) is 12.3. The van der Waals surface area contributed by atoms with Gasteiger partial charge in [-0.25, -0.2) is 4.39 Å². The van der Waals surface area contributed by atoms with Crippen LogP contribution in [0.15, 0.2) is 18.2 Å². The Hall–Kier alpha value is -1.17. The van der Waals surface area contributed by atoms with Gasteiger partial charge in [0.1, 0.15) is 18.2 Å². The highest BCUT2D eigenvalue weighted by molar-refractivity contribution is 5.29. The summed E-state index contributed by atoms with van der Waals surface area (Å²) in [6.07, 6.45) is 1.05. The Morgan fingerprint density at radius 3 is 2.65 bits per heavy atom. The Bertz CT molecular complexity index is 374. The molecule has 0 aliphatic heterocycles. The minimum absolute atomic E-state index is 0.281. The first kappa shape index (κ1) is 16.9. The van der Waals surface area contributed by atoms with Crippen molar-refractivity contribution in [3.63, 3.8) is 0 Å². The Labute approximate surface area is 120 Å². The number of nitrogens with one attached hydrogen (secondary N) is 1. The van der Waals surface area contributed by atoms with Gasteiger partial charge in [0.05, 0.1) is 19.8 Å². The summed E-state index contributed by atoms with van der Waals surface area (Å²) < 4.78 is 29.1.